The first-order chi connectivity index (χ1) is 19.4. The van der Waals surface area contributed by atoms with Crippen molar-refractivity contribution in [1.82, 2.24) is 19.9 Å². The number of anilines is 2. The van der Waals surface area contributed by atoms with Crippen molar-refractivity contribution in [2.45, 2.75) is 70.1 Å². The SMILES string of the molecule is CNCCC(C)n1c(=O)c(-c2ccc(NS(=O)(=O)CCC(F)(F)F)c(F)c2)cc2cnc(NC3CCCCC3)nc21. The fourth-order valence-corrected chi connectivity index (χ4v) is 6.05. The molecule has 3 N–H and O–H groups in total. The van der Waals surface area contributed by atoms with Gasteiger partial charge in [0.15, 0.2) is 0 Å². The largest absolute Gasteiger partial charge is 0.390 e. The molecule has 1 atom stereocenters. The Morgan fingerprint density at radius 3 is 2.54 bits per heavy atom. The summed E-state index contributed by atoms with van der Waals surface area (Å²) in [6.07, 6.45) is 1.48. The molecule has 0 saturated heterocycles. The van der Waals surface area contributed by atoms with E-state index in [1.54, 1.807) is 23.9 Å². The molecule has 0 aliphatic heterocycles. The maximum absolute atomic E-state index is 15.0. The molecule has 2 aromatic heterocycles. The highest BCUT2D eigenvalue weighted by atomic mass is 32.2. The Hall–Kier alpha value is -3.26. The van der Waals surface area contributed by atoms with E-state index in [1.165, 1.54) is 12.5 Å². The molecule has 0 spiro atoms. The predicted molar refractivity (Wildman–Crippen MR) is 151 cm³/mol. The summed E-state index contributed by atoms with van der Waals surface area (Å²) in [6, 6.07) is 4.95. The van der Waals surface area contributed by atoms with Crippen LogP contribution in [0.4, 0.5) is 29.2 Å². The van der Waals surface area contributed by atoms with Crippen LogP contribution in [0.1, 0.15) is 57.9 Å². The minimum atomic E-state index is -4.67. The summed E-state index contributed by atoms with van der Waals surface area (Å²) < 4.78 is 79.9. The lowest BCUT2D eigenvalue weighted by atomic mass is 9.96. The Morgan fingerprint density at radius 2 is 1.88 bits per heavy atom. The van der Waals surface area contributed by atoms with E-state index in [2.05, 4.69) is 15.6 Å². The van der Waals surface area contributed by atoms with Gasteiger partial charge in [0, 0.05) is 29.2 Å². The third-order valence-electron chi connectivity index (χ3n) is 7.16. The van der Waals surface area contributed by atoms with Crippen molar-refractivity contribution in [3.05, 3.63) is 46.6 Å². The zero-order chi connectivity index (χ0) is 29.8. The van der Waals surface area contributed by atoms with Crippen LogP contribution in [0.15, 0.2) is 35.3 Å². The van der Waals surface area contributed by atoms with Crippen LogP contribution in [0.5, 0.6) is 0 Å². The molecule has 224 valence electrons. The molecule has 1 fully saturated rings. The first kappa shape index (κ1) is 30.7. The monoisotopic (exact) mass is 598 g/mol. The molecule has 9 nitrogen and oxygen atoms in total. The number of nitrogens with one attached hydrogen (secondary N) is 3. The van der Waals surface area contributed by atoms with E-state index in [1.807, 2.05) is 11.6 Å². The van der Waals surface area contributed by atoms with Crippen LogP contribution in [0.2, 0.25) is 0 Å². The highest BCUT2D eigenvalue weighted by molar-refractivity contribution is 7.92. The second-order valence-corrected chi connectivity index (χ2v) is 12.2. The van der Waals surface area contributed by atoms with Gasteiger partial charge in [0.05, 0.1) is 17.9 Å². The van der Waals surface area contributed by atoms with Crippen molar-refractivity contribution < 1.29 is 26.0 Å². The molecule has 1 unspecified atom stereocenters. The summed E-state index contributed by atoms with van der Waals surface area (Å²) in [5.41, 5.74) is -0.171. The number of pyridine rings is 1. The third-order valence-corrected chi connectivity index (χ3v) is 8.44. The van der Waals surface area contributed by atoms with Gasteiger partial charge >= 0.3 is 6.18 Å². The number of halogens is 4. The van der Waals surface area contributed by atoms with E-state index >= 15 is 0 Å². The lowest BCUT2D eigenvalue weighted by molar-refractivity contribution is -0.129. The van der Waals surface area contributed by atoms with Gasteiger partial charge < -0.3 is 10.6 Å². The lowest BCUT2D eigenvalue weighted by Gasteiger charge is -2.23. The second-order valence-electron chi connectivity index (χ2n) is 10.4. The fourth-order valence-electron chi connectivity index (χ4n) is 4.95. The van der Waals surface area contributed by atoms with Gasteiger partial charge in [-0.05, 0) is 63.5 Å². The van der Waals surface area contributed by atoms with E-state index < -0.39 is 45.4 Å². The van der Waals surface area contributed by atoms with Crippen molar-refractivity contribution >= 4 is 32.7 Å². The Morgan fingerprint density at radius 1 is 1.15 bits per heavy atom. The van der Waals surface area contributed by atoms with Crippen molar-refractivity contribution in [1.29, 1.82) is 0 Å². The highest BCUT2D eigenvalue weighted by Gasteiger charge is 2.30. The Kier molecular flexibility index (Phi) is 9.52. The van der Waals surface area contributed by atoms with Gasteiger partial charge in [0.2, 0.25) is 16.0 Å². The molecule has 4 rings (SSSR count). The second kappa shape index (κ2) is 12.7. The third kappa shape index (κ3) is 7.94. The van der Waals surface area contributed by atoms with E-state index in [0.717, 1.165) is 37.8 Å². The van der Waals surface area contributed by atoms with Gasteiger partial charge in [-0.15, -0.1) is 0 Å². The molecule has 0 amide bonds. The molecule has 1 aliphatic rings. The molecular weight excluding hydrogens is 564 g/mol. The quantitative estimate of drug-likeness (QED) is 0.260. The first-order valence-electron chi connectivity index (χ1n) is 13.6. The molecule has 0 radical (unpaired) electrons. The van der Waals surface area contributed by atoms with Crippen molar-refractivity contribution in [3.63, 3.8) is 0 Å². The van der Waals surface area contributed by atoms with Crippen LogP contribution < -0.4 is 20.9 Å². The highest BCUT2D eigenvalue weighted by Crippen LogP contribution is 2.28. The van der Waals surface area contributed by atoms with Crippen LogP contribution in [0.3, 0.4) is 0 Å². The van der Waals surface area contributed by atoms with E-state index in [-0.39, 0.29) is 23.2 Å². The maximum Gasteiger partial charge on any atom is 0.390 e. The van der Waals surface area contributed by atoms with Gasteiger partial charge in [0.1, 0.15) is 11.5 Å². The number of hydrogen-bond acceptors (Lipinski definition) is 7. The number of alkyl halides is 3. The van der Waals surface area contributed by atoms with Crippen LogP contribution in [0.25, 0.3) is 22.2 Å². The van der Waals surface area contributed by atoms with Gasteiger partial charge in [-0.25, -0.2) is 17.8 Å². The summed E-state index contributed by atoms with van der Waals surface area (Å²) in [7, 11) is -2.65. The van der Waals surface area contributed by atoms with E-state index in [9.17, 15) is 30.8 Å². The van der Waals surface area contributed by atoms with Crippen molar-refractivity contribution in [2.24, 2.45) is 0 Å². The number of sulfonamides is 1. The number of aromatic nitrogens is 3. The molecule has 0 bridgehead atoms. The molecule has 3 aromatic rings. The fraction of sp³-hybridized carbons (Fsp3) is 0.519. The standard InChI is InChI=1S/C27H34F4N6O3S/c1-17(10-12-32-2)37-24-19(16-33-26(35-24)34-20-6-4-3-5-7-20)14-21(25(37)38)18-8-9-23(22(28)15-18)36-41(39,40)13-11-27(29,30)31/h8-9,14-17,20,32,36H,3-7,10-13H2,1-2H3,(H,33,34,35). The number of nitrogens with zero attached hydrogens (tertiary/aromatic N) is 3. The minimum absolute atomic E-state index is 0.149. The molecule has 2 heterocycles. The summed E-state index contributed by atoms with van der Waals surface area (Å²) in [4.78, 5) is 23.0. The Bertz CT molecular complexity index is 1540. The molecule has 14 heteroatoms. The molecule has 41 heavy (non-hydrogen) atoms. The summed E-state index contributed by atoms with van der Waals surface area (Å²) >= 11 is 0. The average molecular weight is 599 g/mol. The van der Waals surface area contributed by atoms with E-state index in [4.69, 9.17) is 4.98 Å². The zero-order valence-electron chi connectivity index (χ0n) is 22.9. The van der Waals surface area contributed by atoms with Gasteiger partial charge in [0.25, 0.3) is 5.56 Å². The Labute approximate surface area is 235 Å². The summed E-state index contributed by atoms with van der Waals surface area (Å²) in [5.74, 6) is -1.84. The maximum atomic E-state index is 15.0. The molecular formula is C27H34F4N6O3S. The van der Waals surface area contributed by atoms with Crippen molar-refractivity contribution in [2.75, 3.05) is 29.4 Å². The van der Waals surface area contributed by atoms with Gasteiger partial charge in [-0.1, -0.05) is 25.3 Å². The summed E-state index contributed by atoms with van der Waals surface area (Å²) in [6.45, 7) is 2.52. The minimum Gasteiger partial charge on any atom is -0.351 e. The van der Waals surface area contributed by atoms with Crippen LogP contribution in [-0.2, 0) is 10.0 Å². The van der Waals surface area contributed by atoms with Gasteiger partial charge in [-0.3, -0.25) is 14.1 Å². The van der Waals surface area contributed by atoms with Crippen molar-refractivity contribution in [3.8, 4) is 11.1 Å². The number of benzene rings is 1. The summed E-state index contributed by atoms with van der Waals surface area (Å²) in [5, 5.41) is 7.01. The number of rotatable bonds is 11. The average Bonchev–Trinajstić information content (AvgIpc) is 2.92. The predicted octanol–water partition coefficient (Wildman–Crippen LogP) is 5.21. The van der Waals surface area contributed by atoms with Crippen LogP contribution in [-0.4, -0.2) is 54.5 Å². The lowest BCUT2D eigenvalue weighted by Crippen LogP contribution is -2.28. The molecule has 1 saturated carbocycles. The Balaban J connectivity index is 1.70. The molecule has 1 aromatic carbocycles. The topological polar surface area (TPSA) is 118 Å². The van der Waals surface area contributed by atoms with Gasteiger partial charge in [-0.2, -0.15) is 18.2 Å². The van der Waals surface area contributed by atoms with Crippen LogP contribution in [0, 0.1) is 5.82 Å². The normalized spacial score (nSPS) is 15.7. The smallest absolute Gasteiger partial charge is 0.351 e. The number of hydrogen-bond donors (Lipinski definition) is 3. The number of fused-ring (bicyclic) bond motifs is 1. The van der Waals surface area contributed by atoms with Crippen LogP contribution >= 0.6 is 0 Å². The van der Waals surface area contributed by atoms with E-state index in [0.29, 0.717) is 29.9 Å². The zero-order valence-corrected chi connectivity index (χ0v) is 23.7. The first-order valence-corrected chi connectivity index (χ1v) is 15.2. The molecule has 1 aliphatic carbocycles.